The molecule has 3 N–H and O–H groups in total. The fourth-order valence-electron chi connectivity index (χ4n) is 11.4. The van der Waals surface area contributed by atoms with Gasteiger partial charge in [-0.25, -0.2) is 23.1 Å². The molecular weight excluding hydrogens is 805 g/mol. The Bertz CT molecular complexity index is 2620. The van der Waals surface area contributed by atoms with E-state index in [0.717, 1.165) is 55.8 Å². The molecule has 1 spiro atoms. The zero-order valence-electron chi connectivity index (χ0n) is 35.3. The molecule has 0 radical (unpaired) electrons. The summed E-state index contributed by atoms with van der Waals surface area (Å²) in [6.07, 6.45) is 14.9. The number of amides is 1. The van der Waals surface area contributed by atoms with Crippen molar-refractivity contribution in [1.29, 1.82) is 0 Å². The zero-order chi connectivity index (χ0) is 42.8. The van der Waals surface area contributed by atoms with Crippen molar-refractivity contribution in [2.75, 3.05) is 36.4 Å². The van der Waals surface area contributed by atoms with Gasteiger partial charge in [0.15, 0.2) is 0 Å². The van der Waals surface area contributed by atoms with E-state index in [9.17, 15) is 23.3 Å². The molecule has 5 aliphatic rings. The third-order valence-corrected chi connectivity index (χ3v) is 16.0. The molecule has 5 aromatic rings. The molecule has 2 unspecified atom stereocenters. The number of aromatic nitrogens is 3. The molecule has 5 fully saturated rings. The number of hydrogen-bond acceptors (Lipinski definition) is 11. The standard InChI is InChI=1S/C47H54N8O6S/c1-29(2)35-7-3-4-8-38(35)41-11-6-18-54(41)32-24-47(25-32)15-19-53(20-16-47)31-12-13-39(43(22-31)61-33-21-30-14-17-48-44(30)49-26-33)46(56)52-62(59,60)34-23-42(55(57)58)45(50-27-34)51-28-40-36-9-5-10-37(36)40/h3-4,7-8,12-14,17,21-23,26-27,29,32,36-37,40-41H,5-6,9-11,15-16,18-20,24-25,28H2,1-2H3,(H,48,49)(H,50,51)(H,52,56)/t36?,37?,40?,41-/m0/s1. The molecule has 3 aliphatic carbocycles. The second kappa shape index (κ2) is 16.0. The van der Waals surface area contributed by atoms with E-state index in [-0.39, 0.29) is 17.1 Å². The summed E-state index contributed by atoms with van der Waals surface area (Å²) in [4.78, 5) is 41.6. The Hall–Kier alpha value is -5.54. The summed E-state index contributed by atoms with van der Waals surface area (Å²) < 4.78 is 35.8. The minimum atomic E-state index is -4.58. The lowest BCUT2D eigenvalue weighted by Crippen LogP contribution is -2.54. The molecule has 10 rings (SSSR count). The molecule has 2 aromatic carbocycles. The highest BCUT2D eigenvalue weighted by Crippen LogP contribution is 2.57. The third-order valence-electron chi connectivity index (χ3n) is 14.7. The molecule has 3 aromatic heterocycles. The number of hydrogen-bond donors (Lipinski definition) is 3. The Labute approximate surface area is 362 Å². The van der Waals surface area contributed by atoms with Crippen LogP contribution in [0.5, 0.6) is 11.5 Å². The van der Waals surface area contributed by atoms with Gasteiger partial charge in [-0.1, -0.05) is 44.5 Å². The van der Waals surface area contributed by atoms with Crippen LogP contribution in [-0.2, 0) is 10.0 Å². The summed E-state index contributed by atoms with van der Waals surface area (Å²) in [6, 6.07) is 19.9. The van der Waals surface area contributed by atoms with E-state index in [0.29, 0.717) is 59.1 Å². The highest BCUT2D eigenvalue weighted by Gasteiger charge is 2.52. The smallest absolute Gasteiger partial charge is 0.312 e. The van der Waals surface area contributed by atoms with Crippen molar-refractivity contribution < 1.29 is 22.9 Å². The van der Waals surface area contributed by atoms with Crippen LogP contribution in [0.25, 0.3) is 11.0 Å². The number of fused-ring (bicyclic) bond motifs is 2. The van der Waals surface area contributed by atoms with Crippen LogP contribution >= 0.6 is 0 Å². The average Bonchev–Trinajstić information content (AvgIpc) is 3.76. The third kappa shape index (κ3) is 7.67. The quantitative estimate of drug-likeness (QED) is 0.0761. The molecule has 324 valence electrons. The molecule has 15 heteroatoms. The lowest BCUT2D eigenvalue weighted by atomic mass is 9.59. The lowest BCUT2D eigenvalue weighted by Gasteiger charge is -2.56. The molecule has 1 amide bonds. The number of rotatable bonds is 13. The normalized spacial score (nSPS) is 23.4. The molecule has 14 nitrogen and oxygen atoms in total. The number of nitrogens with zero attached hydrogens (tertiary/aromatic N) is 5. The molecule has 0 bridgehead atoms. The SMILES string of the molecule is CC(C)c1ccccc1[C@@H]1CCCN1C1CC2(CCN(c3ccc(C(=O)NS(=O)(=O)c4cnc(NCC5C6CCCC65)c([N+](=O)[O-])c4)c(Oc4cnc5[nH]ccc5c4)c3)CC2)C1. The Balaban J connectivity index is 0.841. The van der Waals surface area contributed by atoms with Crippen molar-refractivity contribution in [3.63, 3.8) is 0 Å². The predicted octanol–water partition coefficient (Wildman–Crippen LogP) is 8.94. The van der Waals surface area contributed by atoms with E-state index in [1.807, 2.05) is 12.1 Å². The Kier molecular flexibility index (Phi) is 10.4. The van der Waals surface area contributed by atoms with Crippen molar-refractivity contribution in [2.45, 2.75) is 94.5 Å². The van der Waals surface area contributed by atoms with Gasteiger partial charge in [-0.05, 0) is 122 Å². The largest absolute Gasteiger partial charge is 0.455 e. The maximum absolute atomic E-state index is 13.9. The van der Waals surface area contributed by atoms with Crippen molar-refractivity contribution >= 4 is 44.2 Å². The molecule has 5 heterocycles. The van der Waals surface area contributed by atoms with Crippen molar-refractivity contribution in [3.05, 3.63) is 106 Å². The number of nitrogens with one attached hydrogen (secondary N) is 3. The van der Waals surface area contributed by atoms with Crippen LogP contribution in [0.15, 0.2) is 84.1 Å². The summed E-state index contributed by atoms with van der Waals surface area (Å²) in [5.74, 6) is 1.84. The van der Waals surface area contributed by atoms with E-state index < -0.39 is 31.4 Å². The number of carbonyl (C=O) groups excluding carboxylic acids is 1. The van der Waals surface area contributed by atoms with E-state index >= 15 is 0 Å². The van der Waals surface area contributed by atoms with Gasteiger partial charge in [-0.15, -0.1) is 0 Å². The molecule has 3 saturated carbocycles. The highest BCUT2D eigenvalue weighted by molar-refractivity contribution is 7.90. The number of sulfonamides is 1. The van der Waals surface area contributed by atoms with Crippen molar-refractivity contribution in [2.24, 2.45) is 23.2 Å². The number of ether oxygens (including phenoxy) is 1. The van der Waals surface area contributed by atoms with Crippen LogP contribution in [0.3, 0.4) is 0 Å². The van der Waals surface area contributed by atoms with Gasteiger partial charge in [-0.2, -0.15) is 0 Å². The van der Waals surface area contributed by atoms with Crippen LogP contribution in [-0.4, -0.2) is 71.3 Å². The maximum Gasteiger partial charge on any atom is 0.312 e. The van der Waals surface area contributed by atoms with Crippen LogP contribution in [0.1, 0.15) is 105 Å². The minimum absolute atomic E-state index is 0.00812. The summed E-state index contributed by atoms with van der Waals surface area (Å²) in [6.45, 7) is 7.98. The number of pyridine rings is 2. The van der Waals surface area contributed by atoms with E-state index in [4.69, 9.17) is 4.74 Å². The summed E-state index contributed by atoms with van der Waals surface area (Å²) in [7, 11) is -4.58. The summed E-state index contributed by atoms with van der Waals surface area (Å²) >= 11 is 0. The Morgan fingerprint density at radius 2 is 1.77 bits per heavy atom. The number of benzene rings is 2. The fraction of sp³-hybridized carbons (Fsp3) is 0.468. The Morgan fingerprint density at radius 1 is 0.984 bits per heavy atom. The van der Waals surface area contributed by atoms with Gasteiger partial charge in [0.2, 0.25) is 5.82 Å². The van der Waals surface area contributed by atoms with Gasteiger partial charge in [0.05, 0.1) is 22.9 Å². The Morgan fingerprint density at radius 3 is 2.55 bits per heavy atom. The lowest BCUT2D eigenvalue weighted by molar-refractivity contribution is -0.384. The summed E-state index contributed by atoms with van der Waals surface area (Å²) in [5, 5.41) is 16.0. The van der Waals surface area contributed by atoms with Gasteiger partial charge < -0.3 is 19.9 Å². The van der Waals surface area contributed by atoms with Crippen molar-refractivity contribution in [1.82, 2.24) is 24.6 Å². The second-order valence-electron chi connectivity index (χ2n) is 18.6. The molecule has 2 aliphatic heterocycles. The number of anilines is 2. The predicted molar refractivity (Wildman–Crippen MR) is 237 cm³/mol. The van der Waals surface area contributed by atoms with Crippen molar-refractivity contribution in [3.8, 4) is 11.5 Å². The van der Waals surface area contributed by atoms with Crippen LogP contribution < -0.4 is 19.7 Å². The topological polar surface area (TPSA) is 176 Å². The van der Waals surface area contributed by atoms with E-state index in [1.165, 1.54) is 56.1 Å². The van der Waals surface area contributed by atoms with Crippen LogP contribution in [0.2, 0.25) is 0 Å². The first-order chi connectivity index (χ1) is 29.9. The minimum Gasteiger partial charge on any atom is -0.455 e. The highest BCUT2D eigenvalue weighted by atomic mass is 32.2. The van der Waals surface area contributed by atoms with E-state index in [2.05, 4.69) is 72.9 Å². The first-order valence-corrected chi connectivity index (χ1v) is 23.7. The van der Waals surface area contributed by atoms with Gasteiger partial charge in [0, 0.05) is 61.1 Å². The van der Waals surface area contributed by atoms with Gasteiger partial charge in [0.1, 0.15) is 22.0 Å². The van der Waals surface area contributed by atoms with Crippen LogP contribution in [0.4, 0.5) is 17.2 Å². The zero-order valence-corrected chi connectivity index (χ0v) is 36.1. The number of aromatic amines is 1. The van der Waals surface area contributed by atoms with Crippen LogP contribution in [0, 0.1) is 33.3 Å². The first kappa shape index (κ1) is 40.5. The molecule has 3 atom stereocenters. The van der Waals surface area contributed by atoms with Gasteiger partial charge in [-0.3, -0.25) is 19.8 Å². The van der Waals surface area contributed by atoms with Gasteiger partial charge >= 0.3 is 5.69 Å². The maximum atomic E-state index is 13.9. The second-order valence-corrected chi connectivity index (χ2v) is 20.3. The summed E-state index contributed by atoms with van der Waals surface area (Å²) in [5.41, 5.74) is 4.33. The average molecular weight is 859 g/mol. The monoisotopic (exact) mass is 858 g/mol. The fourth-order valence-corrected chi connectivity index (χ4v) is 12.3. The molecular formula is C47H54N8O6S. The molecule has 62 heavy (non-hydrogen) atoms. The molecule has 2 saturated heterocycles. The number of nitro groups is 1. The number of likely N-dealkylation sites (tertiary alicyclic amines) is 1. The van der Waals surface area contributed by atoms with E-state index in [1.54, 1.807) is 30.6 Å². The first-order valence-electron chi connectivity index (χ1n) is 22.3. The number of H-pyrrole nitrogens is 1. The number of piperidine rings is 1. The van der Waals surface area contributed by atoms with Gasteiger partial charge in [0.25, 0.3) is 15.9 Å². The number of carbonyl (C=O) groups is 1.